The number of benzene rings is 1. The molecule has 2 aromatic rings. The van der Waals surface area contributed by atoms with Crippen LogP contribution in [0.5, 0.6) is 5.75 Å². The zero-order chi connectivity index (χ0) is 22.4. The number of hydrogen-bond donors (Lipinski definition) is 1. The normalized spacial score (nSPS) is 14.9. The van der Waals surface area contributed by atoms with Gasteiger partial charge in [0.05, 0.1) is 32.3 Å². The minimum Gasteiger partial charge on any atom is -0.494 e. The molecule has 1 aromatic carbocycles. The molecular formula is C23H25NO6S. The van der Waals surface area contributed by atoms with Crippen LogP contribution in [0.2, 0.25) is 0 Å². The monoisotopic (exact) mass is 443 g/mol. The highest BCUT2D eigenvalue weighted by atomic mass is 32.1. The predicted octanol–water partition coefficient (Wildman–Crippen LogP) is 4.18. The highest BCUT2D eigenvalue weighted by Crippen LogP contribution is 2.45. The van der Waals surface area contributed by atoms with Gasteiger partial charge in [-0.05, 0) is 48.6 Å². The maximum absolute atomic E-state index is 12.5. The zero-order valence-corrected chi connectivity index (χ0v) is 18.5. The second kappa shape index (κ2) is 10.3. The van der Waals surface area contributed by atoms with E-state index in [0.717, 1.165) is 22.6 Å². The number of amides is 1. The molecule has 0 bridgehead atoms. The van der Waals surface area contributed by atoms with Gasteiger partial charge in [-0.3, -0.25) is 9.59 Å². The molecule has 3 rings (SSSR count). The molecule has 1 heterocycles. The Labute approximate surface area is 185 Å². The minimum atomic E-state index is -0.588. The Kier molecular flexibility index (Phi) is 7.46. The van der Waals surface area contributed by atoms with Crippen LogP contribution in [0, 0.1) is 0 Å². The average molecular weight is 444 g/mol. The molecule has 1 atom stereocenters. The first-order chi connectivity index (χ1) is 15.0. The van der Waals surface area contributed by atoms with Crippen LogP contribution in [-0.4, -0.2) is 38.7 Å². The molecule has 0 fully saturated rings. The summed E-state index contributed by atoms with van der Waals surface area (Å²) in [5.74, 6) is -1.12. The van der Waals surface area contributed by atoms with Gasteiger partial charge in [0.25, 0.3) is 0 Å². The van der Waals surface area contributed by atoms with E-state index in [0.29, 0.717) is 30.0 Å². The number of aryl methyl sites for hydroxylation is 1. The molecule has 7 nitrogen and oxygen atoms in total. The maximum Gasteiger partial charge on any atom is 0.341 e. The number of rotatable bonds is 8. The first kappa shape index (κ1) is 22.6. The Morgan fingerprint density at radius 3 is 2.55 bits per heavy atom. The lowest BCUT2D eigenvalue weighted by atomic mass is 9.99. The van der Waals surface area contributed by atoms with Crippen molar-refractivity contribution >= 4 is 40.3 Å². The van der Waals surface area contributed by atoms with Crippen LogP contribution in [0.3, 0.4) is 0 Å². The predicted molar refractivity (Wildman–Crippen MR) is 119 cm³/mol. The van der Waals surface area contributed by atoms with E-state index >= 15 is 0 Å². The molecule has 8 heteroatoms. The largest absolute Gasteiger partial charge is 0.494 e. The number of esters is 2. The van der Waals surface area contributed by atoms with E-state index in [9.17, 15) is 14.4 Å². The standard InChI is InChI=1S/C23H25NO6S/c1-4-13-30-15-8-5-14(6-9-15)7-12-18(25)24-21-20(23(27)29-3)19-16(22(26)28-2)10-11-17(19)31-21/h5-9,12,16H,4,10-11,13H2,1-3H3,(H,24,25)/b12-7+. The van der Waals surface area contributed by atoms with Gasteiger partial charge in [-0.2, -0.15) is 0 Å². The van der Waals surface area contributed by atoms with Gasteiger partial charge < -0.3 is 19.5 Å². The van der Waals surface area contributed by atoms with Crippen molar-refractivity contribution in [2.24, 2.45) is 0 Å². The van der Waals surface area contributed by atoms with Crippen LogP contribution < -0.4 is 10.1 Å². The molecule has 0 saturated carbocycles. The van der Waals surface area contributed by atoms with Crippen LogP contribution in [0.1, 0.15) is 52.0 Å². The highest BCUT2D eigenvalue weighted by molar-refractivity contribution is 7.17. The molecule has 1 N–H and O–H groups in total. The minimum absolute atomic E-state index is 0.231. The Morgan fingerprint density at radius 2 is 1.90 bits per heavy atom. The van der Waals surface area contributed by atoms with Gasteiger partial charge in [0, 0.05) is 11.0 Å². The summed E-state index contributed by atoms with van der Waals surface area (Å²) in [6.07, 6.45) is 5.22. The van der Waals surface area contributed by atoms with Crippen LogP contribution in [0.25, 0.3) is 6.08 Å². The summed E-state index contributed by atoms with van der Waals surface area (Å²) in [6, 6.07) is 7.41. The van der Waals surface area contributed by atoms with Crippen LogP contribution >= 0.6 is 11.3 Å². The van der Waals surface area contributed by atoms with E-state index in [1.807, 2.05) is 31.2 Å². The molecule has 0 saturated heterocycles. The molecule has 1 amide bonds. The summed E-state index contributed by atoms with van der Waals surface area (Å²) in [6.45, 7) is 2.70. The number of hydrogen-bond acceptors (Lipinski definition) is 7. The number of methoxy groups -OCH3 is 2. The van der Waals surface area contributed by atoms with Gasteiger partial charge in [0.1, 0.15) is 10.8 Å². The van der Waals surface area contributed by atoms with Crippen molar-refractivity contribution in [3.05, 3.63) is 51.9 Å². The van der Waals surface area contributed by atoms with Gasteiger partial charge in [0.2, 0.25) is 5.91 Å². The third-order valence-corrected chi connectivity index (χ3v) is 6.10. The first-order valence-corrected chi connectivity index (χ1v) is 10.8. The molecule has 1 unspecified atom stereocenters. The summed E-state index contributed by atoms with van der Waals surface area (Å²) >= 11 is 1.29. The van der Waals surface area contributed by atoms with Crippen LogP contribution in [-0.2, 0) is 25.5 Å². The molecule has 1 aromatic heterocycles. The third-order valence-electron chi connectivity index (χ3n) is 4.92. The van der Waals surface area contributed by atoms with Gasteiger partial charge in [-0.1, -0.05) is 19.1 Å². The summed E-state index contributed by atoms with van der Waals surface area (Å²) in [4.78, 5) is 37.9. The van der Waals surface area contributed by atoms with Gasteiger partial charge in [0.15, 0.2) is 0 Å². The second-order valence-electron chi connectivity index (χ2n) is 6.99. The molecule has 0 radical (unpaired) electrons. The second-order valence-corrected chi connectivity index (χ2v) is 8.09. The smallest absolute Gasteiger partial charge is 0.341 e. The quantitative estimate of drug-likeness (QED) is 0.486. The number of carbonyl (C=O) groups excluding carboxylic acids is 3. The molecular weight excluding hydrogens is 418 g/mol. The molecule has 0 spiro atoms. The third kappa shape index (κ3) is 5.14. The van der Waals surface area contributed by atoms with E-state index in [2.05, 4.69) is 5.32 Å². The fraction of sp³-hybridized carbons (Fsp3) is 0.348. The van der Waals surface area contributed by atoms with E-state index in [1.165, 1.54) is 31.6 Å². The first-order valence-electron chi connectivity index (χ1n) is 10.0. The number of carbonyl (C=O) groups is 3. The van der Waals surface area contributed by atoms with Gasteiger partial charge in [-0.25, -0.2) is 4.79 Å². The van der Waals surface area contributed by atoms with Crippen molar-refractivity contribution in [3.8, 4) is 5.75 Å². The van der Waals surface area contributed by atoms with E-state index < -0.39 is 17.9 Å². The fourth-order valence-corrected chi connectivity index (χ4v) is 4.72. The lowest BCUT2D eigenvalue weighted by Gasteiger charge is -2.11. The number of ether oxygens (including phenoxy) is 3. The number of fused-ring (bicyclic) bond motifs is 1. The number of thiophene rings is 1. The Balaban J connectivity index is 1.76. The molecule has 0 aliphatic heterocycles. The maximum atomic E-state index is 12.5. The van der Waals surface area contributed by atoms with Gasteiger partial charge in [-0.15, -0.1) is 11.3 Å². The van der Waals surface area contributed by atoms with Crippen molar-refractivity contribution in [3.63, 3.8) is 0 Å². The number of nitrogens with one attached hydrogen (secondary N) is 1. The Hall–Kier alpha value is -3.13. The SMILES string of the molecule is CCCOc1ccc(/C=C/C(=O)Nc2sc3c(c2C(=O)OC)C(C(=O)OC)CC3)cc1. The van der Waals surface area contributed by atoms with Crippen molar-refractivity contribution < 1.29 is 28.6 Å². The van der Waals surface area contributed by atoms with E-state index in [1.54, 1.807) is 6.08 Å². The van der Waals surface area contributed by atoms with Crippen LogP contribution in [0.4, 0.5) is 5.00 Å². The fourth-order valence-electron chi connectivity index (χ4n) is 3.46. The molecule has 164 valence electrons. The van der Waals surface area contributed by atoms with E-state index in [-0.39, 0.29) is 11.5 Å². The van der Waals surface area contributed by atoms with Crippen LogP contribution in [0.15, 0.2) is 30.3 Å². The van der Waals surface area contributed by atoms with Crippen molar-refractivity contribution in [1.29, 1.82) is 0 Å². The highest BCUT2D eigenvalue weighted by Gasteiger charge is 2.38. The summed E-state index contributed by atoms with van der Waals surface area (Å²) in [7, 11) is 2.59. The molecule has 1 aliphatic rings. The molecule has 1 aliphatic carbocycles. The summed E-state index contributed by atoms with van der Waals surface area (Å²) in [5.41, 5.74) is 1.67. The Morgan fingerprint density at radius 1 is 1.16 bits per heavy atom. The zero-order valence-electron chi connectivity index (χ0n) is 17.7. The Bertz CT molecular complexity index is 992. The average Bonchev–Trinajstić information content (AvgIpc) is 3.34. The van der Waals surface area contributed by atoms with E-state index in [4.69, 9.17) is 14.2 Å². The van der Waals surface area contributed by atoms with Gasteiger partial charge >= 0.3 is 11.9 Å². The van der Waals surface area contributed by atoms with Crippen molar-refractivity contribution in [2.75, 3.05) is 26.1 Å². The van der Waals surface area contributed by atoms with Crippen molar-refractivity contribution in [2.45, 2.75) is 32.1 Å². The number of anilines is 1. The van der Waals surface area contributed by atoms with Crippen molar-refractivity contribution in [1.82, 2.24) is 0 Å². The topological polar surface area (TPSA) is 90.9 Å². The lowest BCUT2D eigenvalue weighted by Crippen LogP contribution is -2.16. The summed E-state index contributed by atoms with van der Waals surface area (Å²) in [5, 5.41) is 3.14. The molecule has 31 heavy (non-hydrogen) atoms. The lowest BCUT2D eigenvalue weighted by molar-refractivity contribution is -0.142. The summed E-state index contributed by atoms with van der Waals surface area (Å²) < 4.78 is 15.3.